The lowest BCUT2D eigenvalue weighted by molar-refractivity contribution is -0.122. The molecule has 194 valence electrons. The van der Waals surface area contributed by atoms with Gasteiger partial charge in [0.25, 0.3) is 0 Å². The van der Waals surface area contributed by atoms with Crippen molar-refractivity contribution in [1.82, 2.24) is 0 Å². The first-order valence-electron chi connectivity index (χ1n) is 13.3. The van der Waals surface area contributed by atoms with Crippen LogP contribution in [0.4, 0.5) is 5.69 Å². The number of imide groups is 1. The highest BCUT2D eigenvalue weighted by Gasteiger charge is 2.57. The number of hydrogen-bond acceptors (Lipinski definition) is 6. The fourth-order valence-electron chi connectivity index (χ4n) is 6.36. The maximum atomic E-state index is 13.7. The van der Waals surface area contributed by atoms with E-state index in [-0.39, 0.29) is 30.4 Å². The van der Waals surface area contributed by atoms with E-state index in [1.807, 2.05) is 30.3 Å². The van der Waals surface area contributed by atoms with E-state index in [9.17, 15) is 19.7 Å². The van der Waals surface area contributed by atoms with Crippen LogP contribution >= 0.6 is 0 Å². The van der Waals surface area contributed by atoms with Gasteiger partial charge in [0.05, 0.1) is 23.6 Å². The van der Waals surface area contributed by atoms with Gasteiger partial charge >= 0.3 is 7.12 Å². The van der Waals surface area contributed by atoms with Gasteiger partial charge in [-0.1, -0.05) is 43.2 Å². The number of furan rings is 1. The average Bonchev–Trinajstić information content (AvgIpc) is 3.47. The third-order valence-corrected chi connectivity index (χ3v) is 8.12. The Balaban J connectivity index is 1.41. The average molecular weight is 503 g/mol. The number of anilines is 1. The van der Waals surface area contributed by atoms with E-state index in [0.717, 1.165) is 24.8 Å². The fraction of sp³-hybridized carbons (Fsp3) is 0.448. The number of aliphatic hydroxyl groups is 1. The van der Waals surface area contributed by atoms with Crippen molar-refractivity contribution in [2.45, 2.75) is 65.0 Å². The third-order valence-electron chi connectivity index (χ3n) is 8.12. The molecule has 7 nitrogen and oxygen atoms in total. The molecule has 5 rings (SSSR count). The van der Waals surface area contributed by atoms with Gasteiger partial charge in [0.15, 0.2) is 0 Å². The zero-order chi connectivity index (χ0) is 26.1. The number of aliphatic hydroxyl groups excluding tert-OH is 1. The van der Waals surface area contributed by atoms with Gasteiger partial charge in [0.1, 0.15) is 18.1 Å². The van der Waals surface area contributed by atoms with Gasteiger partial charge in [0, 0.05) is 0 Å². The van der Waals surface area contributed by atoms with Crippen molar-refractivity contribution in [2.24, 2.45) is 17.8 Å². The van der Waals surface area contributed by atoms with Crippen molar-refractivity contribution >= 4 is 30.7 Å². The summed E-state index contributed by atoms with van der Waals surface area (Å²) in [7, 11) is -0.976. The molecule has 0 spiro atoms. The van der Waals surface area contributed by atoms with Crippen molar-refractivity contribution in [2.75, 3.05) is 4.90 Å². The lowest BCUT2D eigenvalue weighted by atomic mass is 9.58. The van der Waals surface area contributed by atoms with Gasteiger partial charge in [-0.2, -0.15) is 0 Å². The number of amides is 2. The second kappa shape index (κ2) is 10.8. The lowest BCUT2D eigenvalue weighted by Gasteiger charge is -2.43. The van der Waals surface area contributed by atoms with Crippen LogP contribution in [-0.2, 0) is 20.9 Å². The molecule has 2 aromatic rings. The Morgan fingerprint density at radius 2 is 1.89 bits per heavy atom. The van der Waals surface area contributed by atoms with Crippen LogP contribution in [0.1, 0.15) is 57.5 Å². The quantitative estimate of drug-likeness (QED) is 0.306. The van der Waals surface area contributed by atoms with E-state index in [4.69, 9.17) is 9.07 Å². The summed E-state index contributed by atoms with van der Waals surface area (Å²) < 4.78 is 11.7. The van der Waals surface area contributed by atoms with E-state index in [0.29, 0.717) is 36.4 Å². The molecule has 0 unspecified atom stereocenters. The van der Waals surface area contributed by atoms with Crippen LogP contribution in [0.3, 0.4) is 0 Å². The highest BCUT2D eigenvalue weighted by molar-refractivity contribution is 6.43. The molecule has 1 aromatic carbocycles. The maximum Gasteiger partial charge on any atom is 0.455 e. The number of benzene rings is 1. The number of carbonyl (C=O) groups is 2. The molecule has 3 heterocycles. The summed E-state index contributed by atoms with van der Waals surface area (Å²) in [6.07, 6.45) is 5.60. The summed E-state index contributed by atoms with van der Waals surface area (Å²) in [4.78, 5) is 28.5. The fourth-order valence-corrected chi connectivity index (χ4v) is 6.36. The summed E-state index contributed by atoms with van der Waals surface area (Å²) in [6.45, 7) is 4.04. The summed E-state index contributed by atoms with van der Waals surface area (Å²) >= 11 is 0. The van der Waals surface area contributed by atoms with Crippen LogP contribution in [0.25, 0.3) is 6.08 Å². The Hall–Kier alpha value is -2.94. The molecular weight excluding hydrogens is 469 g/mol. The Bertz CT molecular complexity index is 1220. The van der Waals surface area contributed by atoms with E-state index in [1.165, 1.54) is 16.0 Å². The van der Waals surface area contributed by atoms with E-state index >= 15 is 0 Å². The van der Waals surface area contributed by atoms with Crippen LogP contribution in [0, 0.1) is 17.8 Å². The summed E-state index contributed by atoms with van der Waals surface area (Å²) in [5.41, 5.74) is 4.07. The molecule has 1 aromatic heterocycles. The zero-order valence-electron chi connectivity index (χ0n) is 21.4. The molecule has 2 aliphatic heterocycles. The Labute approximate surface area is 217 Å². The number of allylic oxidation sites excluding steroid dienone is 2. The van der Waals surface area contributed by atoms with E-state index in [1.54, 1.807) is 18.2 Å². The largest absolute Gasteiger partial charge is 0.459 e. The van der Waals surface area contributed by atoms with Crippen LogP contribution < -0.4 is 4.90 Å². The number of fused-ring (bicyclic) bond motifs is 3. The van der Waals surface area contributed by atoms with Gasteiger partial charge in [-0.05, 0) is 80.3 Å². The first-order valence-corrected chi connectivity index (χ1v) is 13.3. The summed E-state index contributed by atoms with van der Waals surface area (Å²) in [5, 5.41) is 20.0. The Morgan fingerprint density at radius 1 is 1.11 bits per heavy atom. The predicted molar refractivity (Wildman–Crippen MR) is 141 cm³/mol. The molecule has 8 heteroatoms. The minimum atomic E-state index is -0.976. The zero-order valence-corrected chi connectivity index (χ0v) is 21.4. The molecule has 1 aliphatic carbocycles. The molecule has 3 aliphatic rings. The standard InChI is InChI=1S/C29H34BNO6/c1-3-18(14-21-11-12-22(17-32)36-21)10-13-25-26-19(4-2)15-23-27(24(26)16-30(35)37-25)29(34)31(28(23)33)20-8-6-5-7-9-20/h5-9,11-12,14,23-25,27,32,35H,3-4,10,13,15-17H2,1-2H3/b18-14+/t23-,24+,25-,27-/m1/s1. The number of nitrogens with zero attached hydrogens (tertiary/aromatic N) is 1. The topological polar surface area (TPSA) is 100 Å². The van der Waals surface area contributed by atoms with Crippen LogP contribution in [-0.4, -0.2) is 35.2 Å². The smallest absolute Gasteiger partial charge is 0.455 e. The van der Waals surface area contributed by atoms with Gasteiger partial charge in [-0.15, -0.1) is 0 Å². The van der Waals surface area contributed by atoms with Crippen LogP contribution in [0.2, 0.25) is 6.32 Å². The SMILES string of the molecule is CCC1=C2[C@@H](CC/C(=C/c3ccc(CO)o3)CC)OB(O)C[C@@H]2[C@@H]2C(=O)N(c3ccccc3)C(=O)[C@@H]2C1. The molecule has 0 radical (unpaired) electrons. The molecular formula is C29H34BNO6. The maximum absolute atomic E-state index is 13.7. The van der Waals surface area contributed by atoms with Crippen LogP contribution in [0.15, 0.2) is 63.6 Å². The molecule has 0 bridgehead atoms. The lowest BCUT2D eigenvalue weighted by Crippen LogP contribution is -2.46. The first-order chi connectivity index (χ1) is 17.9. The normalized spacial score (nSPS) is 26.1. The molecule has 2 saturated heterocycles. The van der Waals surface area contributed by atoms with Crippen molar-refractivity contribution in [3.63, 3.8) is 0 Å². The van der Waals surface area contributed by atoms with E-state index in [2.05, 4.69) is 13.8 Å². The van der Waals surface area contributed by atoms with Crippen molar-refractivity contribution in [3.8, 4) is 0 Å². The second-order valence-corrected chi connectivity index (χ2v) is 10.2. The molecule has 0 saturated carbocycles. The molecule has 2 fully saturated rings. The van der Waals surface area contributed by atoms with Crippen molar-refractivity contribution < 1.29 is 28.8 Å². The van der Waals surface area contributed by atoms with Crippen molar-refractivity contribution in [3.05, 3.63) is 70.7 Å². The third kappa shape index (κ3) is 4.86. The second-order valence-electron chi connectivity index (χ2n) is 10.2. The number of carbonyl (C=O) groups excluding carboxylic acids is 2. The summed E-state index contributed by atoms with van der Waals surface area (Å²) in [5.74, 6) is -0.155. The minimum Gasteiger partial charge on any atom is -0.459 e. The highest BCUT2D eigenvalue weighted by atomic mass is 16.5. The molecule has 2 N–H and O–H groups in total. The van der Waals surface area contributed by atoms with Gasteiger partial charge in [-0.3, -0.25) is 14.5 Å². The number of hydrogen-bond donors (Lipinski definition) is 2. The molecule has 2 amide bonds. The predicted octanol–water partition coefficient (Wildman–Crippen LogP) is 4.76. The molecule has 4 atom stereocenters. The summed E-state index contributed by atoms with van der Waals surface area (Å²) in [6, 6.07) is 12.7. The minimum absolute atomic E-state index is 0.135. The first kappa shape index (κ1) is 25.7. The van der Waals surface area contributed by atoms with Gasteiger partial charge < -0.3 is 19.2 Å². The van der Waals surface area contributed by atoms with E-state index < -0.39 is 19.0 Å². The monoisotopic (exact) mass is 503 g/mol. The van der Waals surface area contributed by atoms with Gasteiger partial charge in [0.2, 0.25) is 11.8 Å². The number of rotatable bonds is 8. The Kier molecular flexibility index (Phi) is 7.51. The van der Waals surface area contributed by atoms with Crippen LogP contribution in [0.5, 0.6) is 0 Å². The Morgan fingerprint density at radius 3 is 2.57 bits per heavy atom. The number of para-hydroxylation sites is 1. The molecule has 37 heavy (non-hydrogen) atoms. The highest BCUT2D eigenvalue weighted by Crippen LogP contribution is 2.51. The van der Waals surface area contributed by atoms with Crippen molar-refractivity contribution in [1.29, 1.82) is 0 Å². The van der Waals surface area contributed by atoms with Gasteiger partial charge in [-0.25, -0.2) is 0 Å².